The van der Waals surface area contributed by atoms with Gasteiger partial charge in [0.15, 0.2) is 0 Å². The fourth-order valence-corrected chi connectivity index (χ4v) is 3.96. The number of aliphatic hydroxyl groups is 1. The molecule has 232 valence electrons. The smallest absolute Gasteiger partial charge is 0.114 e. The van der Waals surface area contributed by atoms with Crippen molar-refractivity contribution >= 4 is 15.9 Å². The van der Waals surface area contributed by atoms with Gasteiger partial charge in [0.1, 0.15) is 5.76 Å². The van der Waals surface area contributed by atoms with Gasteiger partial charge in [-0.3, -0.25) is 5.10 Å². The summed E-state index contributed by atoms with van der Waals surface area (Å²) in [5.74, 6) is 1.50. The molecule has 1 aromatic heterocycles. The van der Waals surface area contributed by atoms with E-state index in [4.69, 9.17) is 9.84 Å². The van der Waals surface area contributed by atoms with Crippen molar-refractivity contribution in [2.24, 2.45) is 0 Å². The molecule has 42 heavy (non-hydrogen) atoms. The first-order valence-electron chi connectivity index (χ1n) is 14.4. The number of halogens is 1. The maximum Gasteiger partial charge on any atom is 0.114 e. The predicted molar refractivity (Wildman–Crippen MR) is 188 cm³/mol. The van der Waals surface area contributed by atoms with E-state index in [1.165, 1.54) is 30.4 Å². The first-order valence-corrected chi connectivity index (χ1v) is 15.4. The summed E-state index contributed by atoms with van der Waals surface area (Å²) >= 11 is 3.63. The minimum absolute atomic E-state index is 0.518. The Morgan fingerprint density at radius 1 is 1.19 bits per heavy atom. The first-order chi connectivity index (χ1) is 20.6. The van der Waals surface area contributed by atoms with E-state index in [1.54, 1.807) is 31.7 Å². The Morgan fingerprint density at radius 3 is 2.31 bits per heavy atom. The van der Waals surface area contributed by atoms with Crippen LogP contribution in [-0.2, 0) is 4.74 Å². The number of rotatable bonds is 12. The zero-order chi connectivity index (χ0) is 31.7. The van der Waals surface area contributed by atoms with Crippen molar-refractivity contribution in [1.82, 2.24) is 15.5 Å². The Morgan fingerprint density at radius 2 is 1.88 bits per heavy atom. The highest BCUT2D eigenvalue weighted by Crippen LogP contribution is 2.33. The Kier molecular flexibility index (Phi) is 31.5. The standard InChI is InChI=1S/C16H19Br.C10H19NO.C6H8.C3H4N2.CH4O/c1-2-6-16(13-7-4-3-5-8-13)14-9-11-15(17)12-10-14;1-4-10(12-3)8-6-5-7-9-11-2;1-3-5-6-4-2;1-2-4-5-3-1;1-2/h3-5,7-11,15-16H,2,6,12H2,1H3;4,6,8,11H,5,7,9H2,1-3H3;3-6H,1-2H2;1-3H,(H,4,5);2H,1H3/b;8-6-,10-4+;6-5-;;. The number of benzene rings is 1. The normalized spacial score (nSPS) is 14.4. The molecule has 1 aliphatic rings. The van der Waals surface area contributed by atoms with Crippen LogP contribution in [0.4, 0.5) is 0 Å². The van der Waals surface area contributed by atoms with Crippen molar-refractivity contribution in [3.05, 3.63) is 140 Å². The molecule has 0 spiro atoms. The monoisotopic (exact) mass is 639 g/mol. The van der Waals surface area contributed by atoms with Crippen LogP contribution in [0.1, 0.15) is 57.4 Å². The average molecular weight is 641 g/mol. The molecule has 0 saturated carbocycles. The minimum Gasteiger partial charge on any atom is -0.497 e. The molecule has 2 aromatic rings. The lowest BCUT2D eigenvalue weighted by atomic mass is 9.85. The number of hydrogen-bond donors (Lipinski definition) is 3. The number of ether oxygens (including phenoxy) is 1. The number of alkyl halides is 1. The van der Waals surface area contributed by atoms with Crippen molar-refractivity contribution in [3.8, 4) is 0 Å². The highest BCUT2D eigenvalue weighted by atomic mass is 79.9. The van der Waals surface area contributed by atoms with Gasteiger partial charge < -0.3 is 15.2 Å². The Balaban J connectivity index is 0. The number of nitrogens with one attached hydrogen (secondary N) is 2. The SMILES string of the molecule is C/C=C(\C=C/CCCNC)OC.C=C/C=C\C=C.CCCC(C1=CCC(Br)C=C1)c1ccccc1.CO.c1cn[nH]c1. The van der Waals surface area contributed by atoms with Crippen molar-refractivity contribution in [1.29, 1.82) is 0 Å². The van der Waals surface area contributed by atoms with E-state index in [0.29, 0.717) is 10.7 Å². The second-order valence-electron chi connectivity index (χ2n) is 8.73. The molecule has 0 radical (unpaired) electrons. The quantitative estimate of drug-likeness (QED) is 0.0937. The van der Waals surface area contributed by atoms with Gasteiger partial charge in [-0.25, -0.2) is 0 Å². The molecule has 1 heterocycles. The van der Waals surface area contributed by atoms with Crippen molar-refractivity contribution < 1.29 is 9.84 Å². The zero-order valence-electron chi connectivity index (χ0n) is 26.4. The number of nitrogens with zero attached hydrogens (tertiary/aromatic N) is 1. The number of H-pyrrole nitrogens is 1. The topological polar surface area (TPSA) is 70.2 Å². The van der Waals surface area contributed by atoms with Gasteiger partial charge in [-0.05, 0) is 75.6 Å². The van der Waals surface area contributed by atoms with Crippen molar-refractivity contribution in [3.63, 3.8) is 0 Å². The maximum atomic E-state index is 7.00. The molecule has 3 rings (SSSR count). The predicted octanol–water partition coefficient (Wildman–Crippen LogP) is 9.25. The summed E-state index contributed by atoms with van der Waals surface area (Å²) in [6.07, 6.45) is 29.4. The number of aromatic nitrogens is 2. The van der Waals surface area contributed by atoms with Crippen LogP contribution in [0.25, 0.3) is 0 Å². The van der Waals surface area contributed by atoms with Crippen LogP contribution in [0.3, 0.4) is 0 Å². The van der Waals surface area contributed by atoms with E-state index < -0.39 is 0 Å². The number of hydrogen-bond acceptors (Lipinski definition) is 4. The second-order valence-corrected chi connectivity index (χ2v) is 9.91. The Hall–Kier alpha value is -3.19. The molecule has 0 saturated heterocycles. The van der Waals surface area contributed by atoms with Crippen LogP contribution in [0, 0.1) is 0 Å². The molecule has 0 fully saturated rings. The van der Waals surface area contributed by atoms with Crippen molar-refractivity contribution in [2.75, 3.05) is 27.8 Å². The van der Waals surface area contributed by atoms with Gasteiger partial charge in [-0.15, -0.1) is 0 Å². The van der Waals surface area contributed by atoms with Crippen LogP contribution in [-0.4, -0.2) is 47.9 Å². The molecule has 2 unspecified atom stereocenters. The summed E-state index contributed by atoms with van der Waals surface area (Å²) in [4.78, 5) is 0.518. The third-order valence-corrected chi connectivity index (χ3v) is 6.33. The Labute approximate surface area is 264 Å². The number of allylic oxidation sites excluding steroid dienone is 11. The molecular formula is C36H54BrN3O2. The van der Waals surface area contributed by atoms with E-state index in [9.17, 15) is 0 Å². The summed E-state index contributed by atoms with van der Waals surface area (Å²) in [7, 11) is 4.66. The van der Waals surface area contributed by atoms with Crippen LogP contribution in [0.2, 0.25) is 0 Å². The Bertz CT molecular complexity index is 982. The summed E-state index contributed by atoms with van der Waals surface area (Å²) in [6.45, 7) is 12.2. The van der Waals surface area contributed by atoms with Crippen molar-refractivity contribution in [2.45, 2.75) is 56.7 Å². The van der Waals surface area contributed by atoms with Gasteiger partial charge in [0.25, 0.3) is 0 Å². The number of unbranched alkanes of at least 4 members (excludes halogenated alkanes) is 1. The molecule has 1 aromatic carbocycles. The molecule has 1 aliphatic carbocycles. The van der Waals surface area contributed by atoms with E-state index in [-0.39, 0.29) is 0 Å². The van der Waals surface area contributed by atoms with Crippen LogP contribution in [0.15, 0.2) is 134 Å². The lowest BCUT2D eigenvalue weighted by Crippen LogP contribution is -2.06. The highest BCUT2D eigenvalue weighted by molar-refractivity contribution is 9.09. The zero-order valence-corrected chi connectivity index (χ0v) is 28.0. The van der Waals surface area contributed by atoms with Gasteiger partial charge >= 0.3 is 0 Å². The molecule has 0 bridgehead atoms. The van der Waals surface area contributed by atoms with Gasteiger partial charge in [0, 0.05) is 30.2 Å². The molecular weight excluding hydrogens is 586 g/mol. The minimum atomic E-state index is 0.518. The number of aromatic amines is 1. The number of aliphatic hydroxyl groups excluding tert-OH is 1. The molecule has 0 amide bonds. The van der Waals surface area contributed by atoms with Gasteiger partial charge in [0.2, 0.25) is 0 Å². The molecule has 0 aliphatic heterocycles. The average Bonchev–Trinajstić information content (AvgIpc) is 3.64. The van der Waals surface area contributed by atoms with Gasteiger partial charge in [-0.2, -0.15) is 5.10 Å². The molecule has 3 N–H and O–H groups in total. The van der Waals surface area contributed by atoms with Gasteiger partial charge in [-0.1, -0.05) is 121 Å². The van der Waals surface area contributed by atoms with Crippen LogP contribution < -0.4 is 5.32 Å². The van der Waals surface area contributed by atoms with E-state index in [0.717, 1.165) is 32.3 Å². The third kappa shape index (κ3) is 23.5. The lowest BCUT2D eigenvalue weighted by molar-refractivity contribution is 0.306. The summed E-state index contributed by atoms with van der Waals surface area (Å²) < 4.78 is 5.06. The van der Waals surface area contributed by atoms with Crippen LogP contribution in [0.5, 0.6) is 0 Å². The second kappa shape index (κ2) is 32.3. The lowest BCUT2D eigenvalue weighted by Gasteiger charge is -2.21. The molecule has 2 atom stereocenters. The highest BCUT2D eigenvalue weighted by Gasteiger charge is 2.16. The molecule has 5 nitrogen and oxygen atoms in total. The molecule has 6 heteroatoms. The fourth-order valence-electron chi connectivity index (χ4n) is 3.62. The number of methoxy groups -OCH3 is 1. The summed E-state index contributed by atoms with van der Waals surface area (Å²) in [5, 5.41) is 16.3. The van der Waals surface area contributed by atoms with E-state index in [1.807, 2.05) is 44.3 Å². The fraction of sp³-hybridized carbons (Fsp3) is 0.361. The third-order valence-electron chi connectivity index (χ3n) is 5.65. The van der Waals surface area contributed by atoms with E-state index >= 15 is 0 Å². The van der Waals surface area contributed by atoms with Gasteiger partial charge in [0.05, 0.1) is 7.11 Å². The summed E-state index contributed by atoms with van der Waals surface area (Å²) in [6, 6.07) is 12.7. The first kappa shape index (κ1) is 40.9. The summed E-state index contributed by atoms with van der Waals surface area (Å²) in [5.41, 5.74) is 2.92. The maximum absolute atomic E-state index is 7.00. The largest absolute Gasteiger partial charge is 0.497 e. The van der Waals surface area contributed by atoms with E-state index in [2.05, 4.69) is 106 Å². The van der Waals surface area contributed by atoms with Crippen LogP contribution >= 0.6 is 15.9 Å².